The molecule has 0 radical (unpaired) electrons. The van der Waals surface area contributed by atoms with Crippen molar-refractivity contribution >= 4 is 28.8 Å². The molecule has 0 saturated carbocycles. The zero-order valence-corrected chi connectivity index (χ0v) is 13.7. The van der Waals surface area contributed by atoms with Gasteiger partial charge >= 0.3 is 0 Å². The molecule has 0 aliphatic carbocycles. The van der Waals surface area contributed by atoms with E-state index >= 15 is 0 Å². The molecule has 3 aromatic rings. The summed E-state index contributed by atoms with van der Waals surface area (Å²) in [4.78, 5) is 20.4. The van der Waals surface area contributed by atoms with Crippen LogP contribution in [-0.4, -0.2) is 22.4 Å². The zero-order valence-electron chi connectivity index (χ0n) is 12.2. The summed E-state index contributed by atoms with van der Waals surface area (Å²) in [7, 11) is 0. The SMILES string of the molecule is O=C(Cc1coc(-c2ccc(Cl)cc2)n1)NCCc1nccs1. The Morgan fingerprint density at radius 3 is 2.87 bits per heavy atom. The lowest BCUT2D eigenvalue weighted by Crippen LogP contribution is -2.27. The third-order valence-corrected chi connectivity index (χ3v) is 4.22. The molecule has 0 bridgehead atoms. The van der Waals surface area contributed by atoms with Crippen molar-refractivity contribution in [2.45, 2.75) is 12.8 Å². The first-order chi connectivity index (χ1) is 11.2. The molecule has 0 saturated heterocycles. The average Bonchev–Trinajstić information content (AvgIpc) is 3.20. The average molecular weight is 348 g/mol. The van der Waals surface area contributed by atoms with Crippen LogP contribution >= 0.6 is 22.9 Å². The summed E-state index contributed by atoms with van der Waals surface area (Å²) in [5, 5.41) is 6.44. The van der Waals surface area contributed by atoms with Crippen LogP contribution in [0.3, 0.4) is 0 Å². The first-order valence-electron chi connectivity index (χ1n) is 7.06. The van der Waals surface area contributed by atoms with Crippen molar-refractivity contribution in [3.63, 3.8) is 0 Å². The Kier molecular flexibility index (Phi) is 5.05. The van der Waals surface area contributed by atoms with Gasteiger partial charge in [0.15, 0.2) is 0 Å². The smallest absolute Gasteiger partial charge is 0.226 e. The molecule has 3 rings (SSSR count). The number of hydrogen-bond acceptors (Lipinski definition) is 5. The molecular formula is C16H14ClN3O2S. The molecule has 0 unspecified atom stereocenters. The molecule has 5 nitrogen and oxygen atoms in total. The normalized spacial score (nSPS) is 10.7. The predicted octanol–water partition coefficient (Wildman–Crippen LogP) is 3.35. The van der Waals surface area contributed by atoms with E-state index in [4.69, 9.17) is 16.0 Å². The van der Waals surface area contributed by atoms with E-state index in [1.807, 2.05) is 17.5 Å². The molecule has 1 amide bonds. The first kappa shape index (κ1) is 15.7. The highest BCUT2D eigenvalue weighted by molar-refractivity contribution is 7.09. The standard InChI is InChI=1S/C16H14ClN3O2S/c17-12-3-1-11(2-4-12)16-20-13(10-22-16)9-14(21)18-6-5-15-19-7-8-23-15/h1-4,7-8,10H,5-6,9H2,(H,18,21). The van der Waals surface area contributed by atoms with E-state index in [1.54, 1.807) is 29.7 Å². The Morgan fingerprint density at radius 2 is 2.13 bits per heavy atom. The molecule has 0 spiro atoms. The Hall–Kier alpha value is -2.18. The van der Waals surface area contributed by atoms with Crippen LogP contribution in [0.2, 0.25) is 5.02 Å². The summed E-state index contributed by atoms with van der Waals surface area (Å²) in [6.45, 7) is 0.564. The number of benzene rings is 1. The first-order valence-corrected chi connectivity index (χ1v) is 8.32. The van der Waals surface area contributed by atoms with Crippen LogP contribution in [-0.2, 0) is 17.6 Å². The summed E-state index contributed by atoms with van der Waals surface area (Å²) in [5.41, 5.74) is 1.42. The van der Waals surface area contributed by atoms with Crippen molar-refractivity contribution in [2.24, 2.45) is 0 Å². The van der Waals surface area contributed by atoms with Crippen molar-refractivity contribution in [1.82, 2.24) is 15.3 Å². The molecule has 2 aromatic heterocycles. The molecule has 23 heavy (non-hydrogen) atoms. The van der Waals surface area contributed by atoms with Crippen molar-refractivity contribution in [1.29, 1.82) is 0 Å². The number of amides is 1. The molecule has 2 heterocycles. The van der Waals surface area contributed by atoms with E-state index in [2.05, 4.69) is 15.3 Å². The largest absolute Gasteiger partial charge is 0.444 e. The number of carbonyl (C=O) groups excluding carboxylic acids is 1. The van der Waals surface area contributed by atoms with E-state index in [9.17, 15) is 4.79 Å². The van der Waals surface area contributed by atoms with Crippen LogP contribution in [0.5, 0.6) is 0 Å². The monoisotopic (exact) mass is 347 g/mol. The van der Waals surface area contributed by atoms with Gasteiger partial charge in [-0.3, -0.25) is 4.79 Å². The maximum Gasteiger partial charge on any atom is 0.226 e. The molecule has 0 aliphatic rings. The minimum Gasteiger partial charge on any atom is -0.444 e. The summed E-state index contributed by atoms with van der Waals surface area (Å²) >= 11 is 7.43. The molecule has 1 aromatic carbocycles. The second kappa shape index (κ2) is 7.39. The van der Waals surface area contributed by atoms with Crippen molar-refractivity contribution in [3.8, 4) is 11.5 Å². The summed E-state index contributed by atoms with van der Waals surface area (Å²) in [5.74, 6) is 0.393. The van der Waals surface area contributed by atoms with Crippen molar-refractivity contribution in [2.75, 3.05) is 6.54 Å². The molecule has 0 fully saturated rings. The summed E-state index contributed by atoms with van der Waals surface area (Å²) in [6, 6.07) is 7.19. The quantitative estimate of drug-likeness (QED) is 0.742. The Labute approximate surface area is 142 Å². The lowest BCUT2D eigenvalue weighted by Gasteiger charge is -2.01. The number of halogens is 1. The maximum atomic E-state index is 11.9. The Bertz CT molecular complexity index is 769. The number of aromatic nitrogens is 2. The zero-order chi connectivity index (χ0) is 16.1. The van der Waals surface area contributed by atoms with Crippen LogP contribution in [0.25, 0.3) is 11.5 Å². The number of thiazole rings is 1. The summed E-state index contributed by atoms with van der Waals surface area (Å²) < 4.78 is 5.41. The molecular weight excluding hydrogens is 334 g/mol. The number of oxazole rings is 1. The number of nitrogens with zero attached hydrogens (tertiary/aromatic N) is 2. The van der Waals surface area contributed by atoms with Gasteiger partial charge in [0.05, 0.1) is 17.1 Å². The van der Waals surface area contributed by atoms with Gasteiger partial charge in [0.25, 0.3) is 0 Å². The van der Waals surface area contributed by atoms with Crippen LogP contribution < -0.4 is 5.32 Å². The van der Waals surface area contributed by atoms with Crippen LogP contribution in [0.15, 0.2) is 46.5 Å². The Balaban J connectivity index is 1.52. The second-order valence-corrected chi connectivity index (χ2v) is 6.27. The highest BCUT2D eigenvalue weighted by Gasteiger charge is 2.10. The minimum absolute atomic E-state index is 0.0856. The number of hydrogen-bond donors (Lipinski definition) is 1. The fourth-order valence-electron chi connectivity index (χ4n) is 2.03. The summed E-state index contributed by atoms with van der Waals surface area (Å²) in [6.07, 6.45) is 4.19. The molecule has 7 heteroatoms. The fraction of sp³-hybridized carbons (Fsp3) is 0.188. The van der Waals surface area contributed by atoms with E-state index < -0.39 is 0 Å². The van der Waals surface area contributed by atoms with Gasteiger partial charge in [0.1, 0.15) is 6.26 Å². The highest BCUT2D eigenvalue weighted by atomic mass is 35.5. The van der Waals surface area contributed by atoms with E-state index in [-0.39, 0.29) is 12.3 Å². The van der Waals surface area contributed by atoms with Gasteiger partial charge in [-0.05, 0) is 24.3 Å². The van der Waals surface area contributed by atoms with E-state index in [1.165, 1.54) is 6.26 Å². The maximum absolute atomic E-state index is 11.9. The lowest BCUT2D eigenvalue weighted by molar-refractivity contribution is -0.120. The van der Waals surface area contributed by atoms with Gasteiger partial charge in [-0.1, -0.05) is 11.6 Å². The van der Waals surface area contributed by atoms with Gasteiger partial charge < -0.3 is 9.73 Å². The molecule has 118 valence electrons. The minimum atomic E-state index is -0.0856. The van der Waals surface area contributed by atoms with Gasteiger partial charge in [0, 0.05) is 35.1 Å². The van der Waals surface area contributed by atoms with E-state index in [0.29, 0.717) is 23.2 Å². The third kappa shape index (κ3) is 4.40. The molecule has 1 N–H and O–H groups in total. The third-order valence-electron chi connectivity index (χ3n) is 3.13. The van der Waals surface area contributed by atoms with Gasteiger partial charge in [-0.2, -0.15) is 0 Å². The van der Waals surface area contributed by atoms with Gasteiger partial charge in [0.2, 0.25) is 11.8 Å². The van der Waals surface area contributed by atoms with Crippen LogP contribution in [0, 0.1) is 0 Å². The van der Waals surface area contributed by atoms with Crippen molar-refractivity contribution in [3.05, 3.63) is 57.8 Å². The highest BCUT2D eigenvalue weighted by Crippen LogP contribution is 2.21. The molecule has 0 aliphatic heterocycles. The van der Waals surface area contributed by atoms with Gasteiger partial charge in [-0.25, -0.2) is 9.97 Å². The van der Waals surface area contributed by atoms with Crippen LogP contribution in [0.4, 0.5) is 0 Å². The number of nitrogens with one attached hydrogen (secondary N) is 1. The fourth-order valence-corrected chi connectivity index (χ4v) is 2.77. The van der Waals surface area contributed by atoms with Gasteiger partial charge in [-0.15, -0.1) is 11.3 Å². The van der Waals surface area contributed by atoms with Crippen molar-refractivity contribution < 1.29 is 9.21 Å². The topological polar surface area (TPSA) is 68.0 Å². The lowest BCUT2D eigenvalue weighted by atomic mass is 10.2. The Morgan fingerprint density at radius 1 is 1.30 bits per heavy atom. The number of carbonyl (C=O) groups is 1. The second-order valence-electron chi connectivity index (χ2n) is 4.85. The molecule has 0 atom stereocenters. The predicted molar refractivity (Wildman–Crippen MR) is 89.5 cm³/mol. The number of rotatable bonds is 6. The van der Waals surface area contributed by atoms with E-state index in [0.717, 1.165) is 17.0 Å². The van der Waals surface area contributed by atoms with Crippen LogP contribution in [0.1, 0.15) is 10.7 Å².